The van der Waals surface area contributed by atoms with E-state index in [4.69, 9.17) is 4.74 Å². The second-order valence-corrected chi connectivity index (χ2v) is 3.82. The van der Waals surface area contributed by atoms with E-state index in [1.165, 1.54) is 25.7 Å². The summed E-state index contributed by atoms with van der Waals surface area (Å²) >= 11 is 0. The van der Waals surface area contributed by atoms with Crippen LogP contribution in [0.4, 0.5) is 0 Å². The Bertz CT molecular complexity index is 158. The Morgan fingerprint density at radius 1 is 1.55 bits per heavy atom. The van der Waals surface area contributed by atoms with Crippen LogP contribution in [-0.4, -0.2) is 12.2 Å². The highest BCUT2D eigenvalue weighted by atomic mass is 16.6. The molecule has 0 N–H and O–H groups in total. The predicted octanol–water partition coefficient (Wildman–Crippen LogP) is 2.52. The van der Waals surface area contributed by atoms with Gasteiger partial charge in [-0.25, -0.2) is 0 Å². The van der Waals surface area contributed by atoms with Crippen molar-refractivity contribution in [2.75, 3.05) is 6.61 Å². The summed E-state index contributed by atoms with van der Waals surface area (Å²) in [6.45, 7) is 4.81. The molecule has 0 aromatic carbocycles. The van der Waals surface area contributed by atoms with E-state index < -0.39 is 0 Å². The van der Waals surface area contributed by atoms with E-state index >= 15 is 0 Å². The molecule has 0 radical (unpaired) electrons. The standard InChI is InChI=1S/C10H16O/c1-2-5-9-6-3-4-7-10(9)8-11-10/h2,9H,1,3-8H2/t9-,10+/m1/s1. The van der Waals surface area contributed by atoms with E-state index in [1.807, 2.05) is 6.08 Å². The number of rotatable bonds is 2. The molecule has 1 aliphatic heterocycles. The van der Waals surface area contributed by atoms with E-state index in [2.05, 4.69) is 6.58 Å². The number of hydrogen-bond donors (Lipinski definition) is 0. The first-order valence-electron chi connectivity index (χ1n) is 4.62. The van der Waals surface area contributed by atoms with Gasteiger partial charge in [0.1, 0.15) is 0 Å². The van der Waals surface area contributed by atoms with Gasteiger partial charge in [0, 0.05) is 0 Å². The molecule has 1 saturated heterocycles. The summed E-state index contributed by atoms with van der Waals surface area (Å²) in [6, 6.07) is 0. The molecule has 2 rings (SSSR count). The summed E-state index contributed by atoms with van der Waals surface area (Å²) in [4.78, 5) is 0. The summed E-state index contributed by atoms with van der Waals surface area (Å²) in [6.07, 6.45) is 8.61. The number of epoxide rings is 1. The van der Waals surface area contributed by atoms with Crippen molar-refractivity contribution in [3.63, 3.8) is 0 Å². The highest BCUT2D eigenvalue weighted by molar-refractivity contribution is 5.02. The van der Waals surface area contributed by atoms with Gasteiger partial charge in [-0.3, -0.25) is 0 Å². The lowest BCUT2D eigenvalue weighted by molar-refractivity contribution is 0.160. The molecular weight excluding hydrogens is 136 g/mol. The summed E-state index contributed by atoms with van der Waals surface area (Å²) in [5.41, 5.74) is 0.326. The van der Waals surface area contributed by atoms with Gasteiger partial charge >= 0.3 is 0 Å². The van der Waals surface area contributed by atoms with E-state index in [-0.39, 0.29) is 0 Å². The molecule has 62 valence electrons. The Labute approximate surface area is 68.4 Å². The van der Waals surface area contributed by atoms with Crippen LogP contribution in [0.5, 0.6) is 0 Å². The fraction of sp³-hybridized carbons (Fsp3) is 0.800. The second kappa shape index (κ2) is 2.63. The summed E-state index contributed by atoms with van der Waals surface area (Å²) in [5, 5.41) is 0. The topological polar surface area (TPSA) is 12.5 Å². The quantitative estimate of drug-likeness (QED) is 0.437. The van der Waals surface area contributed by atoms with Crippen LogP contribution < -0.4 is 0 Å². The molecule has 1 spiro atoms. The molecule has 1 aliphatic carbocycles. The molecule has 1 heteroatoms. The average molecular weight is 152 g/mol. The van der Waals surface area contributed by atoms with Gasteiger partial charge in [-0.1, -0.05) is 18.9 Å². The van der Waals surface area contributed by atoms with E-state index in [0.717, 1.165) is 18.9 Å². The molecule has 0 unspecified atom stereocenters. The Hall–Kier alpha value is -0.300. The molecule has 0 aromatic heterocycles. The number of ether oxygens (including phenoxy) is 1. The van der Waals surface area contributed by atoms with Crippen LogP contribution in [0.15, 0.2) is 12.7 Å². The Morgan fingerprint density at radius 3 is 3.00 bits per heavy atom. The highest BCUT2D eigenvalue weighted by Gasteiger charge is 2.51. The van der Waals surface area contributed by atoms with Crippen molar-refractivity contribution >= 4 is 0 Å². The van der Waals surface area contributed by atoms with Crippen LogP contribution >= 0.6 is 0 Å². The van der Waals surface area contributed by atoms with E-state index in [0.29, 0.717) is 5.60 Å². The molecule has 0 amide bonds. The van der Waals surface area contributed by atoms with Crippen molar-refractivity contribution in [2.24, 2.45) is 5.92 Å². The van der Waals surface area contributed by atoms with Crippen molar-refractivity contribution in [1.82, 2.24) is 0 Å². The largest absolute Gasteiger partial charge is 0.369 e. The van der Waals surface area contributed by atoms with Crippen LogP contribution in [0.2, 0.25) is 0 Å². The van der Waals surface area contributed by atoms with Crippen LogP contribution in [0.25, 0.3) is 0 Å². The first kappa shape index (κ1) is 7.35. The average Bonchev–Trinajstić information content (AvgIpc) is 2.77. The summed E-state index contributed by atoms with van der Waals surface area (Å²) in [5.74, 6) is 0.786. The molecule has 2 fully saturated rings. The second-order valence-electron chi connectivity index (χ2n) is 3.82. The third kappa shape index (κ3) is 1.22. The molecular formula is C10H16O. The zero-order valence-corrected chi connectivity index (χ0v) is 7.01. The van der Waals surface area contributed by atoms with Crippen molar-refractivity contribution < 1.29 is 4.74 Å². The molecule has 0 bridgehead atoms. The molecule has 1 saturated carbocycles. The lowest BCUT2D eigenvalue weighted by Gasteiger charge is -2.27. The number of hydrogen-bond acceptors (Lipinski definition) is 1. The van der Waals surface area contributed by atoms with Crippen molar-refractivity contribution in [3.8, 4) is 0 Å². The van der Waals surface area contributed by atoms with E-state index in [9.17, 15) is 0 Å². The first-order valence-corrected chi connectivity index (χ1v) is 4.62. The highest BCUT2D eigenvalue weighted by Crippen LogP contribution is 2.47. The summed E-state index contributed by atoms with van der Waals surface area (Å²) < 4.78 is 5.55. The Morgan fingerprint density at radius 2 is 2.36 bits per heavy atom. The maximum atomic E-state index is 5.55. The van der Waals surface area contributed by atoms with Gasteiger partial charge in [0.25, 0.3) is 0 Å². The van der Waals surface area contributed by atoms with Crippen LogP contribution in [0.3, 0.4) is 0 Å². The predicted molar refractivity (Wildman–Crippen MR) is 45.5 cm³/mol. The van der Waals surface area contributed by atoms with Gasteiger partial charge in [0.05, 0.1) is 12.2 Å². The van der Waals surface area contributed by atoms with Gasteiger partial charge in [0.2, 0.25) is 0 Å². The van der Waals surface area contributed by atoms with Gasteiger partial charge in [-0.05, 0) is 25.2 Å². The van der Waals surface area contributed by atoms with Gasteiger partial charge < -0.3 is 4.74 Å². The minimum atomic E-state index is 0.326. The fourth-order valence-corrected chi connectivity index (χ4v) is 2.29. The van der Waals surface area contributed by atoms with E-state index in [1.54, 1.807) is 0 Å². The molecule has 1 nitrogen and oxygen atoms in total. The normalized spacial score (nSPS) is 42.4. The zero-order chi connectivity index (χ0) is 7.73. The van der Waals surface area contributed by atoms with Crippen molar-refractivity contribution in [3.05, 3.63) is 12.7 Å². The van der Waals surface area contributed by atoms with Crippen molar-refractivity contribution in [1.29, 1.82) is 0 Å². The Kier molecular flexibility index (Phi) is 1.76. The minimum Gasteiger partial charge on any atom is -0.369 e. The first-order chi connectivity index (χ1) is 5.37. The summed E-state index contributed by atoms with van der Waals surface area (Å²) in [7, 11) is 0. The van der Waals surface area contributed by atoms with Gasteiger partial charge in [-0.15, -0.1) is 6.58 Å². The smallest absolute Gasteiger partial charge is 0.0947 e. The lowest BCUT2D eigenvalue weighted by Crippen LogP contribution is -2.27. The maximum Gasteiger partial charge on any atom is 0.0947 e. The van der Waals surface area contributed by atoms with Crippen LogP contribution in [-0.2, 0) is 4.74 Å². The van der Waals surface area contributed by atoms with Crippen molar-refractivity contribution in [2.45, 2.75) is 37.7 Å². The molecule has 2 atom stereocenters. The van der Waals surface area contributed by atoms with Gasteiger partial charge in [-0.2, -0.15) is 0 Å². The number of allylic oxidation sites excluding steroid dienone is 1. The third-order valence-electron chi connectivity index (χ3n) is 3.11. The van der Waals surface area contributed by atoms with Crippen LogP contribution in [0.1, 0.15) is 32.1 Å². The monoisotopic (exact) mass is 152 g/mol. The fourth-order valence-electron chi connectivity index (χ4n) is 2.29. The van der Waals surface area contributed by atoms with Gasteiger partial charge in [0.15, 0.2) is 0 Å². The maximum absolute atomic E-state index is 5.55. The SMILES string of the molecule is C=CC[C@@H]1CCCC[C@]12CO2. The minimum absolute atomic E-state index is 0.326. The molecule has 1 heterocycles. The third-order valence-corrected chi connectivity index (χ3v) is 3.11. The molecule has 2 aliphatic rings. The molecule has 11 heavy (non-hydrogen) atoms. The van der Waals surface area contributed by atoms with Crippen LogP contribution in [0, 0.1) is 5.92 Å². The molecule has 0 aromatic rings. The Balaban J connectivity index is 1.98. The zero-order valence-electron chi connectivity index (χ0n) is 7.01. The lowest BCUT2D eigenvalue weighted by atomic mass is 9.77.